The monoisotopic (exact) mass is 464 g/mol. The number of ether oxygens (including phenoxy) is 2. The second kappa shape index (κ2) is 7.82. The van der Waals surface area contributed by atoms with Gasteiger partial charge >= 0.3 is 0 Å². The zero-order valence-corrected chi connectivity index (χ0v) is 18.6. The fourth-order valence-corrected chi connectivity index (χ4v) is 7.72. The number of alkyl halides is 1. The number of nitrogens with one attached hydrogen (secondary N) is 2. The molecule has 4 aliphatic carbocycles. The van der Waals surface area contributed by atoms with Gasteiger partial charge in [-0.3, -0.25) is 20.4 Å². The SMILES string of the molecule is CCOc1ccc(C(=O)NNC(=O)CC23CC4CC(CC(Br)(C4)C2)C3)cc1OC. The highest BCUT2D eigenvalue weighted by Crippen LogP contribution is 2.65. The van der Waals surface area contributed by atoms with E-state index in [1.54, 1.807) is 18.2 Å². The van der Waals surface area contributed by atoms with Gasteiger partial charge in [0.1, 0.15) is 0 Å². The van der Waals surface area contributed by atoms with Gasteiger partial charge in [-0.1, -0.05) is 15.9 Å². The highest BCUT2D eigenvalue weighted by Gasteiger charge is 2.57. The quantitative estimate of drug-likeness (QED) is 0.492. The van der Waals surface area contributed by atoms with Crippen molar-refractivity contribution < 1.29 is 19.1 Å². The largest absolute Gasteiger partial charge is 0.493 e. The van der Waals surface area contributed by atoms with Crippen molar-refractivity contribution in [1.29, 1.82) is 0 Å². The predicted octanol–water partition coefficient (Wildman–Crippen LogP) is 3.98. The Kier molecular flexibility index (Phi) is 5.53. The number of carbonyl (C=O) groups excluding carboxylic acids is 2. The summed E-state index contributed by atoms with van der Waals surface area (Å²) in [7, 11) is 1.53. The molecule has 2 unspecified atom stereocenters. The first-order chi connectivity index (χ1) is 13.8. The van der Waals surface area contributed by atoms with Gasteiger partial charge in [-0.25, -0.2) is 0 Å². The fourth-order valence-electron chi connectivity index (χ4n) is 6.21. The van der Waals surface area contributed by atoms with Crippen LogP contribution in [0.4, 0.5) is 0 Å². The minimum absolute atomic E-state index is 0.0742. The maximum absolute atomic E-state index is 12.6. The van der Waals surface area contributed by atoms with Crippen LogP contribution in [0.3, 0.4) is 0 Å². The molecule has 0 aromatic heterocycles. The van der Waals surface area contributed by atoms with Crippen molar-refractivity contribution in [3.8, 4) is 11.5 Å². The number of hydrogen-bond acceptors (Lipinski definition) is 4. The van der Waals surface area contributed by atoms with Crippen molar-refractivity contribution in [1.82, 2.24) is 10.9 Å². The number of halogens is 1. The summed E-state index contributed by atoms with van der Waals surface area (Å²) in [5.41, 5.74) is 5.64. The molecule has 2 N–H and O–H groups in total. The highest BCUT2D eigenvalue weighted by atomic mass is 79.9. The lowest BCUT2D eigenvalue weighted by atomic mass is 9.48. The van der Waals surface area contributed by atoms with Crippen LogP contribution in [-0.4, -0.2) is 29.9 Å². The summed E-state index contributed by atoms with van der Waals surface area (Å²) >= 11 is 3.98. The molecule has 4 aliphatic rings. The van der Waals surface area contributed by atoms with Crippen molar-refractivity contribution in [3.63, 3.8) is 0 Å². The lowest BCUT2D eigenvalue weighted by molar-refractivity contribution is -0.128. The molecule has 4 bridgehead atoms. The minimum atomic E-state index is -0.373. The van der Waals surface area contributed by atoms with Gasteiger partial charge in [0.2, 0.25) is 5.91 Å². The van der Waals surface area contributed by atoms with E-state index in [0.29, 0.717) is 30.1 Å². The lowest BCUT2D eigenvalue weighted by Gasteiger charge is -2.60. The first kappa shape index (κ1) is 20.5. The molecule has 0 heterocycles. The average molecular weight is 465 g/mol. The minimum Gasteiger partial charge on any atom is -0.493 e. The summed E-state index contributed by atoms with van der Waals surface area (Å²) in [4.78, 5) is 25.1. The maximum Gasteiger partial charge on any atom is 0.269 e. The topological polar surface area (TPSA) is 76.7 Å². The molecule has 2 atom stereocenters. The van der Waals surface area contributed by atoms with Gasteiger partial charge in [-0.15, -0.1) is 0 Å². The molecule has 0 spiro atoms. The summed E-state index contributed by atoms with van der Waals surface area (Å²) in [6.45, 7) is 2.40. The van der Waals surface area contributed by atoms with E-state index in [1.807, 2.05) is 6.92 Å². The molecular formula is C22H29BrN2O4. The van der Waals surface area contributed by atoms with Gasteiger partial charge in [0.15, 0.2) is 11.5 Å². The van der Waals surface area contributed by atoms with Crippen LogP contribution >= 0.6 is 15.9 Å². The van der Waals surface area contributed by atoms with Gasteiger partial charge in [-0.2, -0.15) is 0 Å². The van der Waals surface area contributed by atoms with E-state index in [4.69, 9.17) is 9.47 Å². The van der Waals surface area contributed by atoms with Crippen LogP contribution in [0.5, 0.6) is 11.5 Å². The van der Waals surface area contributed by atoms with E-state index in [2.05, 4.69) is 26.8 Å². The molecule has 0 aliphatic heterocycles. The number of amides is 2. The van der Waals surface area contributed by atoms with E-state index in [9.17, 15) is 9.59 Å². The van der Waals surface area contributed by atoms with Crippen LogP contribution in [-0.2, 0) is 4.79 Å². The van der Waals surface area contributed by atoms with Crippen LogP contribution in [0.15, 0.2) is 18.2 Å². The molecule has 1 aromatic rings. The van der Waals surface area contributed by atoms with E-state index in [1.165, 1.54) is 26.4 Å². The summed E-state index contributed by atoms with van der Waals surface area (Å²) in [5, 5.41) is 0. The normalized spacial score (nSPS) is 32.0. The van der Waals surface area contributed by atoms with E-state index in [0.717, 1.165) is 31.1 Å². The Labute approximate surface area is 180 Å². The Morgan fingerprint density at radius 3 is 2.48 bits per heavy atom. The summed E-state index contributed by atoms with van der Waals surface area (Å²) in [5.74, 6) is 2.04. The molecule has 1 aromatic carbocycles. The van der Waals surface area contributed by atoms with Crippen molar-refractivity contribution >= 4 is 27.7 Å². The standard InChI is InChI=1S/C22H29BrN2O4/c1-3-29-17-5-4-16(7-18(17)28-2)20(27)25-24-19(26)12-21-8-14-6-15(9-21)11-22(23,10-14)13-21/h4-5,7,14-15H,3,6,8-13H2,1-2H3,(H,24,26)(H,25,27). The average Bonchev–Trinajstić information content (AvgIpc) is 2.64. The zero-order chi connectivity index (χ0) is 20.6. The third kappa shape index (κ3) is 4.25. The number of benzene rings is 1. The van der Waals surface area contributed by atoms with Gasteiger partial charge in [-0.05, 0) is 80.9 Å². The van der Waals surface area contributed by atoms with Gasteiger partial charge in [0, 0.05) is 16.3 Å². The van der Waals surface area contributed by atoms with E-state index >= 15 is 0 Å². The van der Waals surface area contributed by atoms with Crippen LogP contribution in [0, 0.1) is 17.3 Å². The Morgan fingerprint density at radius 2 is 1.86 bits per heavy atom. The molecule has 29 heavy (non-hydrogen) atoms. The van der Waals surface area contributed by atoms with Crippen molar-refractivity contribution in [3.05, 3.63) is 23.8 Å². The summed E-state index contributed by atoms with van der Waals surface area (Å²) in [6.07, 6.45) is 7.59. The van der Waals surface area contributed by atoms with Gasteiger partial charge < -0.3 is 9.47 Å². The first-order valence-electron chi connectivity index (χ1n) is 10.4. The van der Waals surface area contributed by atoms with E-state index < -0.39 is 0 Å². The maximum atomic E-state index is 12.6. The highest BCUT2D eigenvalue weighted by molar-refractivity contribution is 9.10. The van der Waals surface area contributed by atoms with Crippen LogP contribution < -0.4 is 20.3 Å². The molecular weight excluding hydrogens is 436 g/mol. The molecule has 4 fully saturated rings. The fraction of sp³-hybridized carbons (Fsp3) is 0.636. The van der Waals surface area contributed by atoms with Crippen molar-refractivity contribution in [2.45, 2.75) is 56.2 Å². The third-order valence-electron chi connectivity index (χ3n) is 6.69. The summed E-state index contributed by atoms with van der Waals surface area (Å²) < 4.78 is 11.0. The Balaban J connectivity index is 1.35. The molecule has 2 amide bonds. The number of rotatable bonds is 6. The molecule has 6 nitrogen and oxygen atoms in total. The van der Waals surface area contributed by atoms with Gasteiger partial charge in [0.05, 0.1) is 13.7 Å². The van der Waals surface area contributed by atoms with Crippen molar-refractivity contribution in [2.75, 3.05) is 13.7 Å². The molecule has 0 radical (unpaired) electrons. The predicted molar refractivity (Wildman–Crippen MR) is 113 cm³/mol. The molecule has 5 rings (SSSR count). The van der Waals surface area contributed by atoms with Gasteiger partial charge in [0.25, 0.3) is 5.91 Å². The number of hydrogen-bond donors (Lipinski definition) is 2. The number of methoxy groups -OCH3 is 1. The van der Waals surface area contributed by atoms with E-state index in [-0.39, 0.29) is 21.6 Å². The molecule has 0 saturated heterocycles. The Morgan fingerprint density at radius 1 is 1.14 bits per heavy atom. The lowest BCUT2D eigenvalue weighted by Crippen LogP contribution is -2.54. The molecule has 4 saturated carbocycles. The summed E-state index contributed by atoms with van der Waals surface area (Å²) in [6, 6.07) is 4.97. The van der Waals surface area contributed by atoms with Crippen LogP contribution in [0.2, 0.25) is 0 Å². The number of carbonyl (C=O) groups is 2. The second-order valence-electron chi connectivity index (χ2n) is 9.09. The zero-order valence-electron chi connectivity index (χ0n) is 17.1. The Bertz CT molecular complexity index is 798. The van der Waals surface area contributed by atoms with Crippen LogP contribution in [0.25, 0.3) is 0 Å². The first-order valence-corrected chi connectivity index (χ1v) is 11.2. The van der Waals surface area contributed by atoms with Crippen molar-refractivity contribution in [2.24, 2.45) is 17.3 Å². The third-order valence-corrected chi connectivity index (χ3v) is 7.62. The Hall–Kier alpha value is -1.76. The smallest absolute Gasteiger partial charge is 0.269 e. The second-order valence-corrected chi connectivity index (χ2v) is 10.8. The molecule has 7 heteroatoms. The number of hydrazine groups is 1. The molecule has 158 valence electrons. The van der Waals surface area contributed by atoms with Crippen LogP contribution in [0.1, 0.15) is 62.2 Å².